The van der Waals surface area contributed by atoms with E-state index in [-0.39, 0.29) is 0 Å². The first-order valence-corrected chi connectivity index (χ1v) is 43.2. The first kappa shape index (κ1) is 71.0. The molecular formula is C114H68N10OS. The number of thiophene rings is 1. The number of rotatable bonds is 7. The predicted octanol–water partition coefficient (Wildman–Crippen LogP) is 30.0. The molecule has 126 heavy (non-hydrogen) atoms. The minimum atomic E-state index is 0.892. The quantitative estimate of drug-likeness (QED) is 0.156. The molecule has 0 aliphatic carbocycles. The van der Waals surface area contributed by atoms with Crippen LogP contribution in [0.25, 0.3) is 250 Å². The smallest absolute Gasteiger partial charge is 0.135 e. The van der Waals surface area contributed by atoms with E-state index in [2.05, 4.69) is 413 Å². The summed E-state index contributed by atoms with van der Waals surface area (Å²) in [4.78, 5) is 0. The second kappa shape index (κ2) is 28.4. The Bertz CT molecular complexity index is 9070. The highest BCUT2D eigenvalue weighted by molar-refractivity contribution is 7.25. The summed E-state index contributed by atoms with van der Waals surface area (Å²) < 4.78 is 18.2. The summed E-state index contributed by atoms with van der Waals surface area (Å²) in [6.07, 6.45) is 11.4. The number of benzene rings is 19. The van der Waals surface area contributed by atoms with Gasteiger partial charge in [0.25, 0.3) is 0 Å². The van der Waals surface area contributed by atoms with E-state index in [4.69, 9.17) is 4.42 Å². The van der Waals surface area contributed by atoms with Crippen LogP contribution in [0.15, 0.2) is 418 Å². The largest absolute Gasteiger partial charge is 0.456 e. The van der Waals surface area contributed by atoms with E-state index < -0.39 is 0 Å². The lowest BCUT2D eigenvalue weighted by Gasteiger charge is -2.14. The molecule has 28 aromatic rings. The molecule has 28 rings (SSSR count). The van der Waals surface area contributed by atoms with E-state index >= 15 is 0 Å². The number of hydrogen-bond donors (Lipinski definition) is 0. The molecule has 0 saturated carbocycles. The van der Waals surface area contributed by atoms with Crippen molar-refractivity contribution >= 4 is 205 Å². The molecule has 0 fully saturated rings. The van der Waals surface area contributed by atoms with Gasteiger partial charge < -0.3 is 22.7 Å². The Morgan fingerprint density at radius 3 is 0.960 bits per heavy atom. The number of nitrogens with zero attached hydrogens (tertiary/aromatic N) is 10. The first-order valence-electron chi connectivity index (χ1n) is 42.4. The van der Waals surface area contributed by atoms with Crippen molar-refractivity contribution in [1.82, 2.24) is 48.9 Å². The standard InChI is InChI=1S/C42H26N4.C36H21N3O.C36H21N3S/c1-2-12-30(13-3-1)45-38-16-8-6-14-32(38)34-23-29(18-20-40(34)45)31-19-21-41(37-26-44-43-25-36(31)37)46-39-17-9-7-15-33(39)35-22-27-10-4-5-11-28(27)24-42(35)46;2*1-2-8-23-19-34-28(17-22(23)7-1)26-9-3-5-11-32(26)39(34)33-15-14-25(30-20-37-38-21-31(30)33)24-13-16-36-29(18-24)27-10-4-6-12-35(27)40-36/h1-26H;2*1-21H. The molecule has 0 amide bonds. The molecule has 19 aromatic carbocycles. The van der Waals surface area contributed by atoms with Gasteiger partial charge in [-0.3, -0.25) is 0 Å². The summed E-state index contributed by atoms with van der Waals surface area (Å²) in [7, 11) is 0. The molecule has 9 aromatic heterocycles. The topological polar surface area (TPSA) is 110 Å². The van der Waals surface area contributed by atoms with Crippen LogP contribution in [0.1, 0.15) is 0 Å². The highest BCUT2D eigenvalue weighted by Gasteiger charge is 2.24. The number of hydrogen-bond acceptors (Lipinski definition) is 8. The lowest BCUT2D eigenvalue weighted by molar-refractivity contribution is 0.669. The maximum atomic E-state index is 6.09. The fourth-order valence-corrected chi connectivity index (χ4v) is 21.2. The van der Waals surface area contributed by atoms with E-state index in [0.717, 1.165) is 105 Å². The van der Waals surface area contributed by atoms with Crippen LogP contribution >= 0.6 is 11.3 Å². The normalized spacial score (nSPS) is 12.0. The summed E-state index contributed by atoms with van der Waals surface area (Å²) in [6, 6.07) is 135. The molecular weight excluding hydrogens is 1560 g/mol. The van der Waals surface area contributed by atoms with Crippen LogP contribution in [0.2, 0.25) is 0 Å². The van der Waals surface area contributed by atoms with Crippen LogP contribution in [0.4, 0.5) is 0 Å². The summed E-state index contributed by atoms with van der Waals surface area (Å²) in [5.41, 5.74) is 22.6. The molecule has 12 heteroatoms. The van der Waals surface area contributed by atoms with Gasteiger partial charge >= 0.3 is 0 Å². The maximum Gasteiger partial charge on any atom is 0.135 e. The Labute approximate surface area is 723 Å². The van der Waals surface area contributed by atoms with Gasteiger partial charge in [0, 0.05) is 112 Å². The average molecular weight is 1630 g/mol. The molecule has 0 unspecified atom stereocenters. The summed E-state index contributed by atoms with van der Waals surface area (Å²) in [5.74, 6) is 0. The predicted molar refractivity (Wildman–Crippen MR) is 525 cm³/mol. The molecule has 0 spiro atoms. The van der Waals surface area contributed by atoms with Crippen LogP contribution in [0.5, 0.6) is 0 Å². The molecule has 0 atom stereocenters. The second-order valence-corrected chi connectivity index (χ2v) is 33.7. The van der Waals surface area contributed by atoms with Crippen molar-refractivity contribution in [3.05, 3.63) is 413 Å². The SMILES string of the molecule is c1ccc(-n2c3ccccc3c3cc(-c4ccc(-n5c6ccccc6c6cc7ccccc7cc65)c5cnncc45)ccc32)cc1.c1ccc2cc3c(cc2c1)c1ccccc1n3-c1ccc(-c2ccc3oc4ccccc4c3c2)c2cnncc12.c1ccc2cc3c(cc2c1)c1ccccc1n3-c1ccc(-c2ccc3sc4ccccc4c3c2)c2cnncc12. The Hall–Kier alpha value is -16.8. The van der Waals surface area contributed by atoms with Gasteiger partial charge in [0.2, 0.25) is 0 Å². The molecule has 0 aliphatic heterocycles. The van der Waals surface area contributed by atoms with Crippen LogP contribution in [0.3, 0.4) is 0 Å². The third-order valence-electron chi connectivity index (χ3n) is 25.8. The van der Waals surface area contributed by atoms with Gasteiger partial charge in [-0.05, 0) is 205 Å². The summed E-state index contributed by atoms with van der Waals surface area (Å²) in [6.45, 7) is 0. The zero-order valence-electron chi connectivity index (χ0n) is 67.5. The number of fused-ring (bicyclic) bond motifs is 24. The molecule has 0 aliphatic rings. The fourth-order valence-electron chi connectivity index (χ4n) is 20.1. The van der Waals surface area contributed by atoms with Crippen molar-refractivity contribution in [2.75, 3.05) is 0 Å². The monoisotopic (exact) mass is 1620 g/mol. The fraction of sp³-hybridized carbons (Fsp3) is 0. The Kier molecular flexibility index (Phi) is 16.0. The van der Waals surface area contributed by atoms with E-state index in [1.165, 1.54) is 145 Å². The highest BCUT2D eigenvalue weighted by Crippen LogP contribution is 2.47. The Morgan fingerprint density at radius 2 is 0.500 bits per heavy atom. The molecule has 586 valence electrons. The zero-order valence-corrected chi connectivity index (χ0v) is 68.4. The summed E-state index contributed by atoms with van der Waals surface area (Å²) in [5, 5.41) is 54.7. The van der Waals surface area contributed by atoms with Gasteiger partial charge in [-0.2, -0.15) is 30.6 Å². The molecule has 0 N–H and O–H groups in total. The van der Waals surface area contributed by atoms with Gasteiger partial charge in [-0.1, -0.05) is 237 Å². The van der Waals surface area contributed by atoms with Crippen LogP contribution in [0, 0.1) is 0 Å². The maximum absolute atomic E-state index is 6.09. The van der Waals surface area contributed by atoms with Crippen molar-refractivity contribution in [2.45, 2.75) is 0 Å². The van der Waals surface area contributed by atoms with Gasteiger partial charge in [-0.15, -0.1) is 11.3 Å². The lowest BCUT2D eigenvalue weighted by atomic mass is 9.97. The highest BCUT2D eigenvalue weighted by atomic mass is 32.1. The minimum Gasteiger partial charge on any atom is -0.456 e. The van der Waals surface area contributed by atoms with Crippen molar-refractivity contribution < 1.29 is 4.42 Å². The van der Waals surface area contributed by atoms with E-state index in [9.17, 15) is 0 Å². The van der Waals surface area contributed by atoms with E-state index in [1.807, 2.05) is 60.7 Å². The molecule has 0 radical (unpaired) electrons. The zero-order chi connectivity index (χ0) is 82.6. The van der Waals surface area contributed by atoms with Crippen molar-refractivity contribution in [3.8, 4) is 56.1 Å². The third kappa shape index (κ3) is 11.2. The van der Waals surface area contributed by atoms with Gasteiger partial charge in [0.1, 0.15) is 11.2 Å². The lowest BCUT2D eigenvalue weighted by Crippen LogP contribution is -1.97. The minimum absolute atomic E-state index is 0.892. The van der Waals surface area contributed by atoms with Crippen LogP contribution < -0.4 is 0 Å². The van der Waals surface area contributed by atoms with Crippen LogP contribution in [-0.2, 0) is 0 Å². The van der Waals surface area contributed by atoms with Gasteiger partial charge in [-0.25, -0.2) is 0 Å². The Morgan fingerprint density at radius 1 is 0.183 bits per heavy atom. The Balaban J connectivity index is 0.000000101. The number of para-hydroxylation sites is 6. The summed E-state index contributed by atoms with van der Waals surface area (Å²) >= 11 is 1.85. The van der Waals surface area contributed by atoms with E-state index in [0.29, 0.717) is 0 Å². The molecule has 0 saturated heterocycles. The number of furan rings is 1. The van der Waals surface area contributed by atoms with Crippen molar-refractivity contribution in [2.24, 2.45) is 0 Å². The average Bonchev–Trinajstić information content (AvgIpc) is 1.56. The third-order valence-corrected chi connectivity index (χ3v) is 27.0. The number of aromatic nitrogens is 10. The van der Waals surface area contributed by atoms with Gasteiger partial charge in [0.15, 0.2) is 0 Å². The second-order valence-electron chi connectivity index (χ2n) is 32.6. The van der Waals surface area contributed by atoms with Crippen LogP contribution in [-0.4, -0.2) is 48.9 Å². The molecule has 11 nitrogen and oxygen atoms in total. The first-order chi connectivity index (χ1) is 62.5. The van der Waals surface area contributed by atoms with Gasteiger partial charge in [0.05, 0.1) is 98.4 Å². The van der Waals surface area contributed by atoms with Crippen molar-refractivity contribution in [1.29, 1.82) is 0 Å². The molecule has 0 bridgehead atoms. The molecule has 9 heterocycles. The van der Waals surface area contributed by atoms with E-state index in [1.54, 1.807) is 0 Å². The van der Waals surface area contributed by atoms with Crippen molar-refractivity contribution in [3.63, 3.8) is 0 Å².